The van der Waals surface area contributed by atoms with Gasteiger partial charge in [0.15, 0.2) is 0 Å². The van der Waals surface area contributed by atoms with Gasteiger partial charge in [-0.15, -0.1) is 0 Å². The van der Waals surface area contributed by atoms with Gasteiger partial charge in [0.05, 0.1) is 0 Å². The van der Waals surface area contributed by atoms with E-state index in [0.717, 1.165) is 23.2 Å². The van der Waals surface area contributed by atoms with Crippen LogP contribution < -0.4 is 0 Å². The third-order valence-electron chi connectivity index (χ3n) is 4.52. The summed E-state index contributed by atoms with van der Waals surface area (Å²) >= 11 is 12.5. The molecule has 0 saturated heterocycles. The molecule has 0 radical (unpaired) electrons. The van der Waals surface area contributed by atoms with E-state index >= 15 is 0 Å². The van der Waals surface area contributed by atoms with Crippen molar-refractivity contribution in [3.8, 4) is 0 Å². The van der Waals surface area contributed by atoms with Crippen molar-refractivity contribution in [3.05, 3.63) is 21.7 Å². The summed E-state index contributed by atoms with van der Waals surface area (Å²) in [5, 5.41) is 1.09. The third-order valence-corrected chi connectivity index (χ3v) is 5.09. The van der Waals surface area contributed by atoms with Crippen LogP contribution in [0.15, 0.2) is 0 Å². The van der Waals surface area contributed by atoms with E-state index in [1.54, 1.807) is 0 Å². The van der Waals surface area contributed by atoms with Gasteiger partial charge in [-0.3, -0.25) is 0 Å². The number of hydrogen-bond donors (Lipinski definition) is 0. The molecule has 0 spiro atoms. The number of halogens is 2. The van der Waals surface area contributed by atoms with E-state index in [9.17, 15) is 0 Å². The van der Waals surface area contributed by atoms with E-state index in [-0.39, 0.29) is 5.92 Å². The molecule has 1 aromatic heterocycles. The standard InChI is InChI=1S/C14H18Cl2N2/c1-7(2)11-12(15)17-14(18-13(11)16)10-6-8-3-4-9(10)5-8/h7-10H,3-6H2,1-2H3. The normalized spacial score (nSPS) is 30.4. The third kappa shape index (κ3) is 2.04. The van der Waals surface area contributed by atoms with Gasteiger partial charge in [0.25, 0.3) is 0 Å². The number of nitrogens with zero attached hydrogens (tertiary/aromatic N) is 2. The van der Waals surface area contributed by atoms with Gasteiger partial charge in [-0.05, 0) is 37.0 Å². The van der Waals surface area contributed by atoms with Crippen molar-refractivity contribution in [1.82, 2.24) is 9.97 Å². The second-order valence-electron chi connectivity index (χ2n) is 6.01. The number of aromatic nitrogens is 2. The van der Waals surface area contributed by atoms with Gasteiger partial charge in [-0.2, -0.15) is 0 Å². The Balaban J connectivity index is 1.95. The molecular formula is C14H18Cl2N2. The van der Waals surface area contributed by atoms with Crippen molar-refractivity contribution in [3.63, 3.8) is 0 Å². The number of hydrogen-bond acceptors (Lipinski definition) is 2. The van der Waals surface area contributed by atoms with Crippen molar-refractivity contribution in [2.75, 3.05) is 0 Å². The van der Waals surface area contributed by atoms with Crippen LogP contribution in [0.5, 0.6) is 0 Å². The summed E-state index contributed by atoms with van der Waals surface area (Å²) in [5.74, 6) is 3.26. The summed E-state index contributed by atoms with van der Waals surface area (Å²) < 4.78 is 0. The summed E-state index contributed by atoms with van der Waals surface area (Å²) in [4.78, 5) is 9.05. The van der Waals surface area contributed by atoms with E-state index in [1.165, 1.54) is 25.7 Å². The molecule has 2 fully saturated rings. The van der Waals surface area contributed by atoms with Crippen LogP contribution in [0.2, 0.25) is 10.3 Å². The highest BCUT2D eigenvalue weighted by atomic mass is 35.5. The van der Waals surface area contributed by atoms with Gasteiger partial charge < -0.3 is 0 Å². The molecule has 1 heterocycles. The Morgan fingerprint density at radius 3 is 2.17 bits per heavy atom. The Kier molecular flexibility index (Phi) is 3.27. The van der Waals surface area contributed by atoms with Crippen molar-refractivity contribution < 1.29 is 0 Å². The Bertz CT molecular complexity index is 450. The van der Waals surface area contributed by atoms with Crippen LogP contribution in [0.3, 0.4) is 0 Å². The highest BCUT2D eigenvalue weighted by Crippen LogP contribution is 2.52. The molecule has 2 aliphatic rings. The molecule has 2 saturated carbocycles. The lowest BCUT2D eigenvalue weighted by Gasteiger charge is -2.21. The monoisotopic (exact) mass is 284 g/mol. The van der Waals surface area contributed by atoms with Gasteiger partial charge in [0.1, 0.15) is 16.1 Å². The molecule has 2 aliphatic carbocycles. The maximum atomic E-state index is 6.27. The average Bonchev–Trinajstić information content (AvgIpc) is 2.88. The quantitative estimate of drug-likeness (QED) is 0.729. The molecule has 0 aromatic carbocycles. The minimum absolute atomic E-state index is 0.263. The van der Waals surface area contributed by atoms with Crippen LogP contribution in [-0.4, -0.2) is 9.97 Å². The van der Waals surface area contributed by atoms with E-state index in [2.05, 4.69) is 23.8 Å². The predicted octanol–water partition coefficient (Wildman–Crippen LogP) is 4.81. The highest BCUT2D eigenvalue weighted by molar-refractivity contribution is 6.34. The maximum absolute atomic E-state index is 6.27. The number of fused-ring (bicyclic) bond motifs is 2. The average molecular weight is 285 g/mol. The first-order valence-corrected chi connectivity index (χ1v) is 7.54. The first-order chi connectivity index (χ1) is 8.56. The van der Waals surface area contributed by atoms with Crippen molar-refractivity contribution >= 4 is 23.2 Å². The number of rotatable bonds is 2. The molecule has 98 valence electrons. The fraction of sp³-hybridized carbons (Fsp3) is 0.714. The van der Waals surface area contributed by atoms with E-state index in [1.807, 2.05) is 0 Å². The second kappa shape index (κ2) is 4.64. The molecule has 4 heteroatoms. The molecule has 2 nitrogen and oxygen atoms in total. The lowest BCUT2D eigenvalue weighted by Crippen LogP contribution is -2.13. The molecule has 0 amide bonds. The van der Waals surface area contributed by atoms with E-state index < -0.39 is 0 Å². The minimum Gasteiger partial charge on any atom is -0.220 e. The van der Waals surface area contributed by atoms with Gasteiger partial charge in [0, 0.05) is 11.5 Å². The van der Waals surface area contributed by atoms with Crippen LogP contribution in [0.1, 0.15) is 62.8 Å². The van der Waals surface area contributed by atoms with Gasteiger partial charge in [-0.1, -0.05) is 43.5 Å². The first-order valence-electron chi connectivity index (χ1n) is 6.79. The molecule has 3 rings (SSSR count). The second-order valence-corrected chi connectivity index (χ2v) is 6.73. The van der Waals surface area contributed by atoms with Crippen molar-refractivity contribution in [2.45, 2.75) is 51.4 Å². The van der Waals surface area contributed by atoms with Crippen LogP contribution in [0.25, 0.3) is 0 Å². The zero-order valence-electron chi connectivity index (χ0n) is 10.8. The molecular weight excluding hydrogens is 267 g/mol. The van der Waals surface area contributed by atoms with Crippen molar-refractivity contribution in [2.24, 2.45) is 11.8 Å². The summed E-state index contributed by atoms with van der Waals surface area (Å²) in [6.07, 6.45) is 5.26. The van der Waals surface area contributed by atoms with Crippen LogP contribution in [0.4, 0.5) is 0 Å². The Morgan fingerprint density at radius 1 is 1.06 bits per heavy atom. The summed E-state index contributed by atoms with van der Waals surface area (Å²) in [6.45, 7) is 4.13. The lowest BCUT2D eigenvalue weighted by atomic mass is 9.88. The molecule has 0 N–H and O–H groups in total. The van der Waals surface area contributed by atoms with Crippen LogP contribution in [0, 0.1) is 11.8 Å². The highest BCUT2D eigenvalue weighted by Gasteiger charge is 2.41. The maximum Gasteiger partial charge on any atom is 0.137 e. The van der Waals surface area contributed by atoms with E-state index in [0.29, 0.717) is 16.2 Å². The Hall–Kier alpha value is -0.340. The van der Waals surface area contributed by atoms with Gasteiger partial charge in [0.2, 0.25) is 0 Å². The topological polar surface area (TPSA) is 25.8 Å². The first kappa shape index (κ1) is 12.7. The van der Waals surface area contributed by atoms with Gasteiger partial charge in [-0.25, -0.2) is 9.97 Å². The summed E-state index contributed by atoms with van der Waals surface area (Å²) in [6, 6.07) is 0. The lowest BCUT2D eigenvalue weighted by molar-refractivity contribution is 0.405. The van der Waals surface area contributed by atoms with Crippen LogP contribution >= 0.6 is 23.2 Å². The van der Waals surface area contributed by atoms with Crippen molar-refractivity contribution in [1.29, 1.82) is 0 Å². The zero-order valence-corrected chi connectivity index (χ0v) is 12.3. The molecule has 3 unspecified atom stereocenters. The molecule has 2 bridgehead atoms. The predicted molar refractivity (Wildman–Crippen MR) is 74.3 cm³/mol. The summed E-state index contributed by atoms with van der Waals surface area (Å²) in [5.41, 5.74) is 0.880. The van der Waals surface area contributed by atoms with Gasteiger partial charge >= 0.3 is 0 Å². The SMILES string of the molecule is CC(C)c1c(Cl)nc(C2CC3CCC2C3)nc1Cl. The Morgan fingerprint density at radius 2 is 1.72 bits per heavy atom. The molecule has 0 aliphatic heterocycles. The Labute approximate surface area is 118 Å². The molecule has 3 atom stereocenters. The summed E-state index contributed by atoms with van der Waals surface area (Å²) in [7, 11) is 0. The van der Waals surface area contributed by atoms with E-state index in [4.69, 9.17) is 23.2 Å². The largest absolute Gasteiger partial charge is 0.220 e. The zero-order chi connectivity index (χ0) is 12.9. The molecule has 18 heavy (non-hydrogen) atoms. The fourth-order valence-electron chi connectivity index (χ4n) is 3.63. The molecule has 1 aromatic rings. The fourth-order valence-corrected chi connectivity index (χ4v) is 4.47. The smallest absolute Gasteiger partial charge is 0.137 e. The minimum atomic E-state index is 0.263. The van der Waals surface area contributed by atoms with Crippen LogP contribution in [-0.2, 0) is 0 Å².